The molecule has 0 spiro atoms. The van der Waals surface area contributed by atoms with E-state index in [1.165, 1.54) is 12.1 Å². The molecule has 37 heavy (non-hydrogen) atoms. The first-order chi connectivity index (χ1) is 17.8. The first kappa shape index (κ1) is 25.7. The van der Waals surface area contributed by atoms with Crippen molar-refractivity contribution >= 4 is 17.3 Å². The van der Waals surface area contributed by atoms with Crippen LogP contribution in [0.1, 0.15) is 40.3 Å². The highest BCUT2D eigenvalue weighted by Gasteiger charge is 2.42. The summed E-state index contributed by atoms with van der Waals surface area (Å²) in [7, 11) is 0. The first-order valence-electron chi connectivity index (χ1n) is 12.4. The Labute approximate surface area is 220 Å². The van der Waals surface area contributed by atoms with Crippen LogP contribution in [0.3, 0.4) is 0 Å². The van der Waals surface area contributed by atoms with Gasteiger partial charge in [0.1, 0.15) is 0 Å². The van der Waals surface area contributed by atoms with Gasteiger partial charge in [-0.25, -0.2) is 0 Å². The minimum Gasteiger partial charge on any atom is -0.379 e. The topological polar surface area (TPSA) is 45.6 Å². The molecule has 3 aromatic rings. The molecule has 1 N–H and O–H groups in total. The Kier molecular flexibility index (Phi) is 7.24. The van der Waals surface area contributed by atoms with Crippen LogP contribution in [0.15, 0.2) is 54.7 Å². The van der Waals surface area contributed by atoms with Crippen molar-refractivity contribution in [1.29, 1.82) is 0 Å². The molecule has 0 saturated carbocycles. The van der Waals surface area contributed by atoms with E-state index in [2.05, 4.69) is 20.1 Å². The van der Waals surface area contributed by atoms with Crippen molar-refractivity contribution < 1.29 is 17.9 Å². The lowest BCUT2D eigenvalue weighted by Crippen LogP contribution is -2.42. The van der Waals surface area contributed by atoms with E-state index >= 15 is 0 Å². The zero-order valence-electron chi connectivity index (χ0n) is 20.8. The number of aryl methyl sites for hydroxylation is 1. The van der Waals surface area contributed by atoms with E-state index in [-0.39, 0.29) is 17.8 Å². The van der Waals surface area contributed by atoms with Crippen LogP contribution in [0, 0.1) is 13.8 Å². The maximum atomic E-state index is 13.9. The number of nitrogens with one attached hydrogen (secondary N) is 1. The SMILES string of the molecule is Cc1cc([C@H]2[C@H](c3ccccn3)NC(=S)N2CCN2CCOCC2)c(C)n1-c1ccccc1C(F)(F)F. The van der Waals surface area contributed by atoms with Gasteiger partial charge in [0.25, 0.3) is 0 Å². The molecule has 5 rings (SSSR count). The Morgan fingerprint density at radius 3 is 2.49 bits per heavy atom. The summed E-state index contributed by atoms with van der Waals surface area (Å²) in [6.07, 6.45) is -2.71. The number of thiocarbonyl (C=S) groups is 1. The number of alkyl halides is 3. The van der Waals surface area contributed by atoms with Gasteiger partial charge in [0, 0.05) is 43.8 Å². The monoisotopic (exact) mass is 529 g/mol. The Hall–Kier alpha value is -2.95. The number of halogens is 3. The lowest BCUT2D eigenvalue weighted by molar-refractivity contribution is -0.137. The normalized spacial score (nSPS) is 20.9. The van der Waals surface area contributed by atoms with Crippen LogP contribution in [0.25, 0.3) is 5.69 Å². The predicted molar refractivity (Wildman–Crippen MR) is 140 cm³/mol. The summed E-state index contributed by atoms with van der Waals surface area (Å²) in [6, 6.07) is 13.0. The number of ether oxygens (including phenoxy) is 1. The molecule has 2 aromatic heterocycles. The predicted octanol–water partition coefficient (Wildman–Crippen LogP) is 4.81. The second-order valence-corrected chi connectivity index (χ2v) is 9.84. The fourth-order valence-electron chi connectivity index (χ4n) is 5.42. The summed E-state index contributed by atoms with van der Waals surface area (Å²) in [5, 5.41) is 4.07. The van der Waals surface area contributed by atoms with Gasteiger partial charge >= 0.3 is 6.18 Å². The van der Waals surface area contributed by atoms with Crippen molar-refractivity contribution in [3.63, 3.8) is 0 Å². The molecule has 2 aliphatic rings. The maximum absolute atomic E-state index is 13.9. The number of hydrogen-bond acceptors (Lipinski definition) is 4. The van der Waals surface area contributed by atoms with Crippen LogP contribution >= 0.6 is 12.2 Å². The zero-order chi connectivity index (χ0) is 26.2. The van der Waals surface area contributed by atoms with E-state index in [4.69, 9.17) is 17.0 Å². The Morgan fingerprint density at radius 2 is 1.78 bits per heavy atom. The lowest BCUT2D eigenvalue weighted by Gasteiger charge is -2.32. The van der Waals surface area contributed by atoms with E-state index in [0.29, 0.717) is 24.9 Å². The van der Waals surface area contributed by atoms with Crippen LogP contribution in [0.5, 0.6) is 0 Å². The molecule has 0 bridgehead atoms. The molecule has 4 heterocycles. The molecule has 10 heteroatoms. The summed E-state index contributed by atoms with van der Waals surface area (Å²) in [4.78, 5) is 9.09. The Bertz CT molecular complexity index is 1260. The van der Waals surface area contributed by atoms with Gasteiger partial charge in [0.05, 0.1) is 42.2 Å². The van der Waals surface area contributed by atoms with Gasteiger partial charge in [0.2, 0.25) is 0 Å². The standard InChI is InChI=1S/C27H30F3N5OS/c1-18-17-20(19(2)35(18)23-9-4-3-7-21(23)27(28,29)30)25-24(22-8-5-6-10-31-22)32-26(37)34(25)12-11-33-13-15-36-16-14-33/h3-10,17,24-25H,11-16H2,1-2H3,(H,32,37)/t24-,25-/m0/s1. The van der Waals surface area contributed by atoms with Gasteiger partial charge in [-0.15, -0.1) is 0 Å². The van der Waals surface area contributed by atoms with E-state index in [1.54, 1.807) is 16.8 Å². The summed E-state index contributed by atoms with van der Waals surface area (Å²) >= 11 is 5.80. The average molecular weight is 530 g/mol. The summed E-state index contributed by atoms with van der Waals surface area (Å²) in [6.45, 7) is 8.38. The minimum absolute atomic E-state index is 0.124. The van der Waals surface area contributed by atoms with E-state index in [1.807, 2.05) is 38.1 Å². The third-order valence-electron chi connectivity index (χ3n) is 7.20. The van der Waals surface area contributed by atoms with Crippen molar-refractivity contribution in [3.8, 4) is 5.69 Å². The second-order valence-electron chi connectivity index (χ2n) is 9.45. The van der Waals surface area contributed by atoms with Crippen molar-refractivity contribution in [2.75, 3.05) is 39.4 Å². The quantitative estimate of drug-likeness (QED) is 0.463. The molecule has 2 atom stereocenters. The molecule has 6 nitrogen and oxygen atoms in total. The van der Waals surface area contributed by atoms with Gasteiger partial charge in [-0.3, -0.25) is 9.88 Å². The first-order valence-corrected chi connectivity index (χ1v) is 12.8. The third-order valence-corrected chi connectivity index (χ3v) is 7.55. The van der Waals surface area contributed by atoms with E-state index < -0.39 is 11.7 Å². The van der Waals surface area contributed by atoms with E-state index in [9.17, 15) is 13.2 Å². The van der Waals surface area contributed by atoms with Crippen molar-refractivity contribution in [3.05, 3.63) is 82.9 Å². The number of rotatable bonds is 6. The molecule has 2 aliphatic heterocycles. The molecule has 2 saturated heterocycles. The molecule has 196 valence electrons. The minimum atomic E-state index is -4.46. The largest absolute Gasteiger partial charge is 0.418 e. The average Bonchev–Trinajstić information content (AvgIpc) is 3.37. The molecular formula is C27H30F3N5OS. The number of benzene rings is 1. The van der Waals surface area contributed by atoms with Gasteiger partial charge in [-0.2, -0.15) is 13.2 Å². The van der Waals surface area contributed by atoms with E-state index in [0.717, 1.165) is 48.3 Å². The highest BCUT2D eigenvalue weighted by molar-refractivity contribution is 7.80. The van der Waals surface area contributed by atoms with Crippen LogP contribution in [0.4, 0.5) is 13.2 Å². The highest BCUT2D eigenvalue weighted by atomic mass is 32.1. The molecular weight excluding hydrogens is 499 g/mol. The molecule has 0 amide bonds. The molecule has 2 fully saturated rings. The van der Waals surface area contributed by atoms with Crippen molar-refractivity contribution in [2.45, 2.75) is 32.1 Å². The number of pyridine rings is 1. The fourth-order valence-corrected chi connectivity index (χ4v) is 5.76. The molecule has 0 radical (unpaired) electrons. The zero-order valence-corrected chi connectivity index (χ0v) is 21.6. The summed E-state index contributed by atoms with van der Waals surface area (Å²) < 4.78 is 48.9. The highest BCUT2D eigenvalue weighted by Crippen LogP contribution is 2.42. The van der Waals surface area contributed by atoms with Crippen LogP contribution in [-0.4, -0.2) is 63.9 Å². The third kappa shape index (κ3) is 5.10. The summed E-state index contributed by atoms with van der Waals surface area (Å²) in [5.74, 6) is 0. The molecule has 1 aromatic carbocycles. The van der Waals surface area contributed by atoms with Crippen LogP contribution < -0.4 is 5.32 Å². The summed E-state index contributed by atoms with van der Waals surface area (Å²) in [5.41, 5.74) is 2.72. The van der Waals surface area contributed by atoms with Gasteiger partial charge < -0.3 is 19.5 Å². The lowest BCUT2D eigenvalue weighted by atomic mass is 9.96. The maximum Gasteiger partial charge on any atom is 0.418 e. The molecule has 0 aliphatic carbocycles. The number of aromatic nitrogens is 2. The van der Waals surface area contributed by atoms with Gasteiger partial charge in [-0.1, -0.05) is 18.2 Å². The second kappa shape index (κ2) is 10.4. The van der Waals surface area contributed by atoms with Gasteiger partial charge in [-0.05, 0) is 62.0 Å². The number of nitrogens with zero attached hydrogens (tertiary/aromatic N) is 4. The Balaban J connectivity index is 1.56. The van der Waals surface area contributed by atoms with Crippen LogP contribution in [0.2, 0.25) is 0 Å². The van der Waals surface area contributed by atoms with Crippen LogP contribution in [-0.2, 0) is 10.9 Å². The smallest absolute Gasteiger partial charge is 0.379 e. The van der Waals surface area contributed by atoms with Crippen molar-refractivity contribution in [1.82, 2.24) is 24.7 Å². The number of hydrogen-bond donors (Lipinski definition) is 1. The van der Waals surface area contributed by atoms with Crippen molar-refractivity contribution in [2.24, 2.45) is 0 Å². The molecule has 0 unspecified atom stereocenters. The number of morpholine rings is 1. The van der Waals surface area contributed by atoms with Gasteiger partial charge in [0.15, 0.2) is 5.11 Å². The number of para-hydroxylation sites is 1. The fraction of sp³-hybridized carbons (Fsp3) is 0.407. The Morgan fingerprint density at radius 1 is 1.05 bits per heavy atom.